The van der Waals surface area contributed by atoms with E-state index in [4.69, 9.17) is 10.8 Å². The third kappa shape index (κ3) is 2.28. The molecule has 74 valence electrons. The summed E-state index contributed by atoms with van der Waals surface area (Å²) in [5, 5.41) is 8.86. The number of carboxylic acids is 1. The summed E-state index contributed by atoms with van der Waals surface area (Å²) in [5.41, 5.74) is 5.22. The Labute approximate surface area is 77.1 Å². The Hall–Kier alpha value is -0.900. The van der Waals surface area contributed by atoms with Gasteiger partial charge < -0.3 is 10.8 Å². The molecule has 0 aliphatic heterocycles. The third-order valence-corrected chi connectivity index (χ3v) is 2.70. The van der Waals surface area contributed by atoms with E-state index in [0.29, 0.717) is 12.8 Å². The van der Waals surface area contributed by atoms with E-state index in [1.165, 1.54) is 0 Å². The van der Waals surface area contributed by atoms with Crippen LogP contribution in [0.25, 0.3) is 0 Å². The quantitative estimate of drug-likeness (QED) is 0.667. The number of nitrogens with two attached hydrogens (primary N) is 1. The summed E-state index contributed by atoms with van der Waals surface area (Å²) >= 11 is 0. The SMILES string of the molecule is NCC(=O)[C@@H]1CCCC[C@H]1C(=O)O. The van der Waals surface area contributed by atoms with Crippen molar-refractivity contribution < 1.29 is 14.7 Å². The molecule has 2 atom stereocenters. The molecule has 0 unspecified atom stereocenters. The lowest BCUT2D eigenvalue weighted by Crippen LogP contribution is -2.35. The van der Waals surface area contributed by atoms with Crippen LogP contribution in [0.15, 0.2) is 0 Å². The van der Waals surface area contributed by atoms with Gasteiger partial charge >= 0.3 is 5.97 Å². The molecule has 4 nitrogen and oxygen atoms in total. The second kappa shape index (κ2) is 4.37. The zero-order valence-corrected chi connectivity index (χ0v) is 7.53. The van der Waals surface area contributed by atoms with E-state index in [1.807, 2.05) is 0 Å². The second-order valence-electron chi connectivity index (χ2n) is 3.51. The van der Waals surface area contributed by atoms with Gasteiger partial charge in [0.25, 0.3) is 0 Å². The number of hydrogen-bond acceptors (Lipinski definition) is 3. The molecule has 0 amide bonds. The molecule has 1 aliphatic carbocycles. The van der Waals surface area contributed by atoms with Crippen LogP contribution in [0, 0.1) is 11.8 Å². The monoisotopic (exact) mass is 185 g/mol. The van der Waals surface area contributed by atoms with Crippen LogP contribution in [-0.4, -0.2) is 23.4 Å². The molecule has 0 spiro atoms. The van der Waals surface area contributed by atoms with Crippen molar-refractivity contribution in [1.29, 1.82) is 0 Å². The maximum absolute atomic E-state index is 11.3. The fourth-order valence-corrected chi connectivity index (χ4v) is 1.96. The molecule has 1 fully saturated rings. The number of Topliss-reactive ketones (excluding diaryl/α,β-unsaturated/α-hetero) is 1. The first kappa shape index (κ1) is 10.2. The van der Waals surface area contributed by atoms with E-state index in [2.05, 4.69) is 0 Å². The number of carbonyl (C=O) groups is 2. The van der Waals surface area contributed by atoms with Crippen molar-refractivity contribution in [3.05, 3.63) is 0 Å². The summed E-state index contributed by atoms with van der Waals surface area (Å²) in [5.74, 6) is -1.79. The Morgan fingerprint density at radius 3 is 2.23 bits per heavy atom. The van der Waals surface area contributed by atoms with Gasteiger partial charge in [0.1, 0.15) is 5.78 Å². The average molecular weight is 185 g/mol. The Kier molecular flexibility index (Phi) is 3.42. The maximum Gasteiger partial charge on any atom is 0.307 e. The van der Waals surface area contributed by atoms with E-state index in [-0.39, 0.29) is 18.2 Å². The van der Waals surface area contributed by atoms with Crippen molar-refractivity contribution in [3.63, 3.8) is 0 Å². The molecular formula is C9H15NO3. The second-order valence-corrected chi connectivity index (χ2v) is 3.51. The first-order valence-corrected chi connectivity index (χ1v) is 4.62. The Balaban J connectivity index is 2.67. The molecule has 4 heteroatoms. The molecule has 1 saturated carbocycles. The number of carbonyl (C=O) groups excluding carboxylic acids is 1. The summed E-state index contributed by atoms with van der Waals surface area (Å²) in [7, 11) is 0. The summed E-state index contributed by atoms with van der Waals surface area (Å²) in [4.78, 5) is 22.1. The standard InChI is InChI=1S/C9H15NO3/c10-5-8(11)6-3-1-2-4-7(6)9(12)13/h6-7H,1-5,10H2,(H,12,13)/t6-,7-/m1/s1. The molecule has 0 aromatic heterocycles. The van der Waals surface area contributed by atoms with E-state index >= 15 is 0 Å². The van der Waals surface area contributed by atoms with Crippen LogP contribution in [0.4, 0.5) is 0 Å². The number of carboxylic acid groups (broad SMARTS) is 1. The van der Waals surface area contributed by atoms with Crippen LogP contribution < -0.4 is 5.73 Å². The predicted octanol–water partition coefficient (Wildman–Crippen LogP) is 0.405. The van der Waals surface area contributed by atoms with Crippen molar-refractivity contribution in [2.45, 2.75) is 25.7 Å². The van der Waals surface area contributed by atoms with Crippen molar-refractivity contribution in [1.82, 2.24) is 0 Å². The zero-order chi connectivity index (χ0) is 9.84. The lowest BCUT2D eigenvalue weighted by Gasteiger charge is -2.26. The molecule has 13 heavy (non-hydrogen) atoms. The number of rotatable bonds is 3. The van der Waals surface area contributed by atoms with Crippen LogP contribution in [0.5, 0.6) is 0 Å². The van der Waals surface area contributed by atoms with Gasteiger partial charge in [0, 0.05) is 5.92 Å². The van der Waals surface area contributed by atoms with E-state index in [0.717, 1.165) is 12.8 Å². The zero-order valence-electron chi connectivity index (χ0n) is 7.53. The maximum atomic E-state index is 11.3. The van der Waals surface area contributed by atoms with Crippen LogP contribution in [0.2, 0.25) is 0 Å². The summed E-state index contributed by atoms with van der Waals surface area (Å²) in [6.07, 6.45) is 3.16. The van der Waals surface area contributed by atoms with Crippen LogP contribution in [-0.2, 0) is 9.59 Å². The van der Waals surface area contributed by atoms with Crippen LogP contribution >= 0.6 is 0 Å². The highest BCUT2D eigenvalue weighted by atomic mass is 16.4. The van der Waals surface area contributed by atoms with Gasteiger partial charge in [-0.25, -0.2) is 0 Å². The number of ketones is 1. The Morgan fingerprint density at radius 2 is 1.77 bits per heavy atom. The lowest BCUT2D eigenvalue weighted by molar-refractivity contribution is -0.148. The van der Waals surface area contributed by atoms with Crippen molar-refractivity contribution in [3.8, 4) is 0 Å². The molecule has 3 N–H and O–H groups in total. The van der Waals surface area contributed by atoms with Gasteiger partial charge in [-0.2, -0.15) is 0 Å². The van der Waals surface area contributed by atoms with Crippen molar-refractivity contribution >= 4 is 11.8 Å². The van der Waals surface area contributed by atoms with Crippen molar-refractivity contribution in [2.24, 2.45) is 17.6 Å². The summed E-state index contributed by atoms with van der Waals surface area (Å²) in [6, 6.07) is 0. The lowest BCUT2D eigenvalue weighted by atomic mass is 9.77. The minimum absolute atomic E-state index is 0.0333. The number of hydrogen-bond donors (Lipinski definition) is 2. The normalized spacial score (nSPS) is 28.4. The van der Waals surface area contributed by atoms with Gasteiger partial charge in [-0.1, -0.05) is 12.8 Å². The van der Waals surface area contributed by atoms with E-state index in [9.17, 15) is 9.59 Å². The fourth-order valence-electron chi connectivity index (χ4n) is 1.96. The van der Waals surface area contributed by atoms with Gasteiger partial charge in [0.05, 0.1) is 12.5 Å². The Bertz CT molecular complexity index is 215. The fraction of sp³-hybridized carbons (Fsp3) is 0.778. The summed E-state index contributed by atoms with van der Waals surface area (Å²) < 4.78 is 0. The minimum atomic E-state index is -0.855. The predicted molar refractivity (Wildman–Crippen MR) is 47.1 cm³/mol. The van der Waals surface area contributed by atoms with Gasteiger partial charge in [0.2, 0.25) is 0 Å². The molecule has 0 saturated heterocycles. The first-order chi connectivity index (χ1) is 6.16. The molecule has 0 heterocycles. The van der Waals surface area contributed by atoms with Gasteiger partial charge in [-0.3, -0.25) is 9.59 Å². The minimum Gasteiger partial charge on any atom is -0.481 e. The molecular weight excluding hydrogens is 170 g/mol. The summed E-state index contributed by atoms with van der Waals surface area (Å²) in [6.45, 7) is -0.0333. The van der Waals surface area contributed by atoms with Gasteiger partial charge in [-0.15, -0.1) is 0 Å². The molecule has 0 radical (unpaired) electrons. The van der Waals surface area contributed by atoms with Crippen LogP contribution in [0.3, 0.4) is 0 Å². The van der Waals surface area contributed by atoms with E-state index in [1.54, 1.807) is 0 Å². The smallest absolute Gasteiger partial charge is 0.307 e. The highest BCUT2D eigenvalue weighted by Crippen LogP contribution is 2.30. The van der Waals surface area contributed by atoms with E-state index < -0.39 is 11.9 Å². The Morgan fingerprint density at radius 1 is 1.23 bits per heavy atom. The van der Waals surface area contributed by atoms with Crippen molar-refractivity contribution in [2.75, 3.05) is 6.54 Å². The molecule has 0 bridgehead atoms. The average Bonchev–Trinajstić information content (AvgIpc) is 2.16. The molecule has 1 aliphatic rings. The first-order valence-electron chi connectivity index (χ1n) is 4.62. The highest BCUT2D eigenvalue weighted by molar-refractivity contribution is 5.87. The largest absolute Gasteiger partial charge is 0.481 e. The highest BCUT2D eigenvalue weighted by Gasteiger charge is 2.34. The topological polar surface area (TPSA) is 80.4 Å². The molecule has 0 aromatic carbocycles. The van der Waals surface area contributed by atoms with Gasteiger partial charge in [0.15, 0.2) is 0 Å². The number of aliphatic carboxylic acids is 1. The van der Waals surface area contributed by atoms with Gasteiger partial charge in [-0.05, 0) is 12.8 Å². The third-order valence-electron chi connectivity index (χ3n) is 2.70. The molecule has 0 aromatic rings. The van der Waals surface area contributed by atoms with Crippen LogP contribution in [0.1, 0.15) is 25.7 Å². The molecule has 1 rings (SSSR count).